The molecule has 0 spiro atoms. The summed E-state index contributed by atoms with van der Waals surface area (Å²) in [7, 11) is -4.02. The lowest BCUT2D eigenvalue weighted by molar-refractivity contribution is -0.125. The predicted octanol–water partition coefficient (Wildman–Crippen LogP) is 9.22. The van der Waals surface area contributed by atoms with E-state index in [-0.39, 0.29) is 48.1 Å². The van der Waals surface area contributed by atoms with E-state index < -0.39 is 31.3 Å². The largest absolute Gasteiger partial charge is 0.476 e. The number of carbonyl (C=O) groups excluding carboxylic acids is 3. The second-order valence-electron chi connectivity index (χ2n) is 15.3. The van der Waals surface area contributed by atoms with Gasteiger partial charge in [-0.05, 0) is 106 Å². The Morgan fingerprint density at radius 2 is 1.73 bits per heavy atom. The Bertz CT molecular complexity index is 1840. The van der Waals surface area contributed by atoms with Crippen molar-refractivity contribution in [2.75, 3.05) is 25.3 Å². The number of phosphoric acid groups is 1. The fourth-order valence-corrected chi connectivity index (χ4v) is 8.58. The van der Waals surface area contributed by atoms with Crippen molar-refractivity contribution < 1.29 is 37.3 Å². The van der Waals surface area contributed by atoms with Crippen molar-refractivity contribution >= 4 is 60.2 Å². The van der Waals surface area contributed by atoms with Crippen molar-refractivity contribution in [1.29, 1.82) is 0 Å². The Kier molecular flexibility index (Phi) is 14.7. The Balaban J connectivity index is 1.20. The topological polar surface area (TPSA) is 162 Å². The van der Waals surface area contributed by atoms with Gasteiger partial charge in [0.25, 0.3) is 11.1 Å². The third-order valence-electron chi connectivity index (χ3n) is 8.36. The van der Waals surface area contributed by atoms with Crippen LogP contribution in [0.2, 0.25) is 0 Å². The van der Waals surface area contributed by atoms with Crippen molar-refractivity contribution in [2.24, 2.45) is 11.8 Å². The lowest BCUT2D eigenvalue weighted by Crippen LogP contribution is -2.45. The molecule has 1 aliphatic carbocycles. The molecule has 3 amide bonds. The standard InChI is InChI=1S/C38H51N6O8PS2/c1-25(2)21-49-53(48,50-22-26(3)4)51-24-44-34(45)33(55-37(44)47)19-29-15-17-39-35(42-29)41-28-11-13-31(14-12-28)43(36(46)52-38(5,6)7)20-30-9-8-10-32(40-30)27-16-18-54-23-27/h8-10,15-19,23,25-26,28,31H,11-14,20-22,24H2,1-7H3,(H,39,41,42)/b33-19-/t28-,31-. The van der Waals surface area contributed by atoms with Crippen LogP contribution in [0.4, 0.5) is 15.5 Å². The van der Waals surface area contributed by atoms with E-state index in [2.05, 4.69) is 20.7 Å². The fraction of sp³-hybridized carbons (Fsp3) is 0.526. The molecule has 3 aromatic heterocycles. The smallest absolute Gasteiger partial charge is 0.444 e. The summed E-state index contributed by atoms with van der Waals surface area (Å²) in [5.41, 5.74) is 2.48. The summed E-state index contributed by atoms with van der Waals surface area (Å²) in [5.74, 6) is -0.109. The minimum absolute atomic E-state index is 0.0444. The number of rotatable bonds is 16. The molecule has 14 nitrogen and oxygen atoms in total. The van der Waals surface area contributed by atoms with Crippen LogP contribution >= 0.6 is 30.9 Å². The number of nitrogens with one attached hydrogen (secondary N) is 1. The summed E-state index contributed by atoms with van der Waals surface area (Å²) in [4.78, 5) is 56.2. The molecule has 1 saturated heterocycles. The lowest BCUT2D eigenvalue weighted by atomic mass is 9.90. The average molecular weight is 815 g/mol. The van der Waals surface area contributed by atoms with Gasteiger partial charge in [-0.3, -0.25) is 33.0 Å². The molecule has 55 heavy (non-hydrogen) atoms. The Labute approximate surface area is 331 Å². The molecule has 298 valence electrons. The summed E-state index contributed by atoms with van der Waals surface area (Å²) in [6.45, 7) is 13.1. The number of imide groups is 1. The van der Waals surface area contributed by atoms with Crippen LogP contribution in [0.25, 0.3) is 17.3 Å². The number of hydrogen-bond donors (Lipinski definition) is 1. The molecule has 5 rings (SSSR count). The van der Waals surface area contributed by atoms with Crippen LogP contribution in [0, 0.1) is 11.8 Å². The van der Waals surface area contributed by atoms with E-state index in [4.69, 9.17) is 23.3 Å². The predicted molar refractivity (Wildman–Crippen MR) is 214 cm³/mol. The summed E-state index contributed by atoms with van der Waals surface area (Å²) < 4.78 is 35.4. The maximum absolute atomic E-state index is 13.5. The van der Waals surface area contributed by atoms with Gasteiger partial charge in [-0.25, -0.2) is 24.2 Å². The van der Waals surface area contributed by atoms with Gasteiger partial charge in [-0.1, -0.05) is 33.8 Å². The molecule has 1 N–H and O–H groups in total. The Hall–Kier alpha value is -3.66. The molecule has 2 fully saturated rings. The molecule has 4 heterocycles. The Morgan fingerprint density at radius 3 is 2.36 bits per heavy atom. The third kappa shape index (κ3) is 12.7. The average Bonchev–Trinajstić information content (AvgIpc) is 3.76. The van der Waals surface area contributed by atoms with E-state index >= 15 is 0 Å². The zero-order valence-corrected chi connectivity index (χ0v) is 35.0. The molecule has 0 aromatic carbocycles. The van der Waals surface area contributed by atoms with Crippen molar-refractivity contribution in [1.82, 2.24) is 24.8 Å². The third-order valence-corrected chi connectivity index (χ3v) is 11.3. The van der Waals surface area contributed by atoms with E-state index in [1.807, 2.05) is 78.1 Å². The van der Waals surface area contributed by atoms with Crippen molar-refractivity contribution in [3.8, 4) is 11.3 Å². The van der Waals surface area contributed by atoms with E-state index in [1.54, 1.807) is 28.5 Å². The highest BCUT2D eigenvalue weighted by Gasteiger charge is 2.39. The highest BCUT2D eigenvalue weighted by Crippen LogP contribution is 2.50. The van der Waals surface area contributed by atoms with Crippen LogP contribution in [0.15, 0.2) is 52.2 Å². The minimum Gasteiger partial charge on any atom is -0.444 e. The lowest BCUT2D eigenvalue weighted by Gasteiger charge is -2.37. The summed E-state index contributed by atoms with van der Waals surface area (Å²) in [6, 6.07) is 9.53. The first-order valence-electron chi connectivity index (χ1n) is 18.4. The van der Waals surface area contributed by atoms with Crippen molar-refractivity contribution in [3.63, 3.8) is 0 Å². The highest BCUT2D eigenvalue weighted by atomic mass is 32.2. The SMILES string of the molecule is CC(C)COP(=O)(OCC(C)C)OCN1C(=O)S/C(=C\c2ccnc(N[C@H]3CC[C@H](N(Cc4cccc(-c5ccsc5)n4)C(=O)OC(C)(C)C)CC3)n2)C1=O. The number of hydrogen-bond acceptors (Lipinski definition) is 14. The van der Waals surface area contributed by atoms with Crippen molar-refractivity contribution in [2.45, 2.75) is 98.4 Å². The van der Waals surface area contributed by atoms with Crippen LogP contribution in [0.5, 0.6) is 0 Å². The fourth-order valence-electron chi connectivity index (χ4n) is 5.68. The number of ether oxygens (including phenoxy) is 1. The Morgan fingerprint density at radius 1 is 1.02 bits per heavy atom. The van der Waals surface area contributed by atoms with E-state index in [0.717, 1.165) is 59.3 Å². The second-order valence-corrected chi connectivity index (χ2v) is 18.7. The van der Waals surface area contributed by atoms with Crippen LogP contribution in [0.3, 0.4) is 0 Å². The minimum atomic E-state index is -4.02. The zero-order chi connectivity index (χ0) is 39.8. The quantitative estimate of drug-likeness (QED) is 0.108. The summed E-state index contributed by atoms with van der Waals surface area (Å²) in [6.07, 6.45) is 5.69. The molecule has 17 heteroatoms. The number of pyridine rings is 1. The molecule has 0 radical (unpaired) electrons. The number of nitrogens with zero attached hydrogens (tertiary/aromatic N) is 5. The van der Waals surface area contributed by atoms with E-state index in [9.17, 15) is 18.9 Å². The first-order valence-corrected chi connectivity index (χ1v) is 21.7. The first kappa shape index (κ1) is 42.5. The van der Waals surface area contributed by atoms with Gasteiger partial charge in [0.2, 0.25) is 5.95 Å². The zero-order valence-electron chi connectivity index (χ0n) is 32.4. The second kappa shape index (κ2) is 19.0. The van der Waals surface area contributed by atoms with Gasteiger partial charge in [0.1, 0.15) is 12.3 Å². The monoisotopic (exact) mass is 814 g/mol. The summed E-state index contributed by atoms with van der Waals surface area (Å²) >= 11 is 2.35. The van der Waals surface area contributed by atoms with Gasteiger partial charge in [-0.2, -0.15) is 11.3 Å². The van der Waals surface area contributed by atoms with Crippen LogP contribution in [-0.4, -0.2) is 79.6 Å². The number of anilines is 1. The van der Waals surface area contributed by atoms with Gasteiger partial charge in [0, 0.05) is 29.2 Å². The van der Waals surface area contributed by atoms with Crippen molar-refractivity contribution in [3.05, 3.63) is 63.6 Å². The molecular formula is C38H51N6O8PS2. The number of phosphoric ester groups is 1. The van der Waals surface area contributed by atoms with Gasteiger partial charge < -0.3 is 10.1 Å². The molecule has 0 atom stereocenters. The van der Waals surface area contributed by atoms with E-state index in [0.29, 0.717) is 18.2 Å². The summed E-state index contributed by atoms with van der Waals surface area (Å²) in [5, 5.41) is 6.90. The molecule has 1 aliphatic heterocycles. The number of aromatic nitrogens is 3. The first-order chi connectivity index (χ1) is 26.1. The van der Waals surface area contributed by atoms with Gasteiger partial charge in [0.15, 0.2) is 0 Å². The maximum atomic E-state index is 13.5. The van der Waals surface area contributed by atoms with Gasteiger partial charge >= 0.3 is 13.9 Å². The highest BCUT2D eigenvalue weighted by molar-refractivity contribution is 8.18. The number of thiophene rings is 1. The molecule has 0 bridgehead atoms. The van der Waals surface area contributed by atoms with Gasteiger partial charge in [-0.15, -0.1) is 0 Å². The molecule has 3 aromatic rings. The van der Waals surface area contributed by atoms with E-state index in [1.165, 1.54) is 6.08 Å². The molecule has 0 unspecified atom stereocenters. The molecule has 1 saturated carbocycles. The maximum Gasteiger partial charge on any atom is 0.476 e. The normalized spacial score (nSPS) is 18.8. The molecular weight excluding hydrogens is 764 g/mol. The number of amides is 3. The van der Waals surface area contributed by atoms with Crippen LogP contribution in [0.1, 0.15) is 85.5 Å². The number of thioether (sulfide) groups is 1. The van der Waals surface area contributed by atoms with Crippen LogP contribution in [-0.2, 0) is 34.2 Å². The number of carbonyl (C=O) groups is 3. The molecule has 2 aliphatic rings. The van der Waals surface area contributed by atoms with Crippen LogP contribution < -0.4 is 5.32 Å². The van der Waals surface area contributed by atoms with Gasteiger partial charge in [0.05, 0.1) is 41.7 Å².